The SMILES string of the molecule is CN(CC(=O)O)[C@@H]1CN(C(=O)c2cnc(C(C)(C)C)s2)C[C@H]1O. The van der Waals surface area contributed by atoms with Gasteiger partial charge in [-0.25, -0.2) is 4.98 Å². The minimum atomic E-state index is -0.957. The molecule has 0 bridgehead atoms. The number of carboxylic acids is 1. The molecule has 2 heterocycles. The number of rotatable bonds is 4. The normalized spacial score (nSPS) is 21.9. The van der Waals surface area contributed by atoms with Gasteiger partial charge < -0.3 is 15.1 Å². The number of nitrogens with zero attached hydrogens (tertiary/aromatic N) is 3. The molecule has 0 aromatic carbocycles. The summed E-state index contributed by atoms with van der Waals surface area (Å²) in [4.78, 5) is 31.4. The molecule has 0 spiro atoms. The highest BCUT2D eigenvalue weighted by Gasteiger charge is 2.37. The molecule has 7 nitrogen and oxygen atoms in total. The second-order valence-corrected chi connectivity index (χ2v) is 7.96. The van der Waals surface area contributed by atoms with Crippen LogP contribution >= 0.6 is 11.3 Å². The van der Waals surface area contributed by atoms with E-state index in [9.17, 15) is 14.7 Å². The maximum absolute atomic E-state index is 12.6. The lowest BCUT2D eigenvalue weighted by molar-refractivity contribution is -0.138. The Morgan fingerprint density at radius 3 is 2.61 bits per heavy atom. The van der Waals surface area contributed by atoms with E-state index in [4.69, 9.17) is 5.11 Å². The quantitative estimate of drug-likeness (QED) is 0.835. The van der Waals surface area contributed by atoms with E-state index in [1.54, 1.807) is 23.0 Å². The Labute approximate surface area is 139 Å². The summed E-state index contributed by atoms with van der Waals surface area (Å²) in [5, 5.41) is 19.9. The van der Waals surface area contributed by atoms with Crippen LogP contribution in [0.25, 0.3) is 0 Å². The van der Waals surface area contributed by atoms with Crippen molar-refractivity contribution in [2.24, 2.45) is 0 Å². The molecule has 1 amide bonds. The third-order valence-corrected chi connectivity index (χ3v) is 5.27. The summed E-state index contributed by atoms with van der Waals surface area (Å²) in [7, 11) is 1.64. The van der Waals surface area contributed by atoms with Gasteiger partial charge >= 0.3 is 5.97 Å². The number of carboxylic acid groups (broad SMARTS) is 1. The molecule has 128 valence electrons. The van der Waals surface area contributed by atoms with Gasteiger partial charge in [0.15, 0.2) is 0 Å². The van der Waals surface area contributed by atoms with Gasteiger partial charge in [0.05, 0.1) is 29.9 Å². The molecule has 0 unspecified atom stereocenters. The van der Waals surface area contributed by atoms with Crippen molar-refractivity contribution in [1.82, 2.24) is 14.8 Å². The van der Waals surface area contributed by atoms with E-state index in [2.05, 4.69) is 4.98 Å². The van der Waals surface area contributed by atoms with Crippen LogP contribution in [0.2, 0.25) is 0 Å². The number of aliphatic carboxylic acids is 1. The van der Waals surface area contributed by atoms with Crippen LogP contribution in [0.1, 0.15) is 35.5 Å². The third-order valence-electron chi connectivity index (χ3n) is 3.86. The highest BCUT2D eigenvalue weighted by molar-refractivity contribution is 7.13. The monoisotopic (exact) mass is 341 g/mol. The van der Waals surface area contributed by atoms with Crippen molar-refractivity contribution in [3.63, 3.8) is 0 Å². The summed E-state index contributed by atoms with van der Waals surface area (Å²) in [6.07, 6.45) is 0.826. The summed E-state index contributed by atoms with van der Waals surface area (Å²) in [5.41, 5.74) is -0.113. The standard InChI is InChI=1S/C15H23N3O4S/c1-15(2,3)14-16-5-11(23-14)13(22)18-6-9(10(19)7-18)17(4)8-12(20)21/h5,9-10,19H,6-8H2,1-4H3,(H,20,21)/t9-,10-/m1/s1. The first-order valence-corrected chi connectivity index (χ1v) is 8.27. The molecule has 1 aromatic heterocycles. The van der Waals surface area contributed by atoms with Crippen LogP contribution in [0, 0.1) is 0 Å². The van der Waals surface area contributed by atoms with E-state index in [0.29, 0.717) is 11.4 Å². The summed E-state index contributed by atoms with van der Waals surface area (Å²) in [6, 6.07) is -0.370. The molecule has 2 rings (SSSR count). The van der Waals surface area contributed by atoms with Crippen LogP contribution in [0.4, 0.5) is 0 Å². The van der Waals surface area contributed by atoms with E-state index in [1.165, 1.54) is 11.3 Å². The second-order valence-electron chi connectivity index (χ2n) is 6.93. The first kappa shape index (κ1) is 17.8. The molecule has 0 saturated carbocycles. The zero-order valence-corrected chi connectivity index (χ0v) is 14.6. The van der Waals surface area contributed by atoms with Gasteiger partial charge in [0.2, 0.25) is 0 Å². The maximum Gasteiger partial charge on any atom is 0.317 e. The van der Waals surface area contributed by atoms with Crippen LogP contribution in [0.5, 0.6) is 0 Å². The predicted molar refractivity (Wildman–Crippen MR) is 86.8 cm³/mol. The van der Waals surface area contributed by atoms with Gasteiger partial charge in [-0.3, -0.25) is 14.5 Å². The van der Waals surface area contributed by atoms with E-state index < -0.39 is 12.1 Å². The lowest BCUT2D eigenvalue weighted by Gasteiger charge is -2.24. The number of carbonyl (C=O) groups excluding carboxylic acids is 1. The number of hydrogen-bond acceptors (Lipinski definition) is 6. The van der Waals surface area contributed by atoms with Crippen LogP contribution in [-0.2, 0) is 10.2 Å². The number of likely N-dealkylation sites (tertiary alicyclic amines) is 1. The predicted octanol–water partition coefficient (Wildman–Crippen LogP) is 0.642. The number of aliphatic hydroxyl groups excluding tert-OH is 1. The number of amides is 1. The Balaban J connectivity index is 2.07. The molecule has 1 aliphatic heterocycles. The first-order chi connectivity index (χ1) is 10.6. The van der Waals surface area contributed by atoms with Crippen molar-refractivity contribution in [3.05, 3.63) is 16.1 Å². The number of β-amino-alcohol motifs (C(OH)–C–C–N with tert-alkyl or cyclic N) is 1. The lowest BCUT2D eigenvalue weighted by Crippen LogP contribution is -2.43. The van der Waals surface area contributed by atoms with Crippen LogP contribution in [0.15, 0.2) is 6.20 Å². The number of aromatic nitrogens is 1. The van der Waals surface area contributed by atoms with Crippen molar-refractivity contribution >= 4 is 23.2 Å². The molecule has 1 saturated heterocycles. The molecule has 1 fully saturated rings. The van der Waals surface area contributed by atoms with Crippen LogP contribution < -0.4 is 0 Å². The summed E-state index contributed by atoms with van der Waals surface area (Å²) >= 11 is 1.36. The van der Waals surface area contributed by atoms with Crippen LogP contribution in [-0.4, -0.2) is 75.7 Å². The van der Waals surface area contributed by atoms with Gasteiger partial charge in [0.25, 0.3) is 5.91 Å². The second kappa shape index (κ2) is 6.54. The van der Waals surface area contributed by atoms with E-state index in [-0.39, 0.29) is 30.5 Å². The summed E-state index contributed by atoms with van der Waals surface area (Å²) < 4.78 is 0. The average Bonchev–Trinajstić information content (AvgIpc) is 3.02. The Bertz CT molecular complexity index is 596. The fourth-order valence-electron chi connectivity index (χ4n) is 2.57. The molecular weight excluding hydrogens is 318 g/mol. The summed E-state index contributed by atoms with van der Waals surface area (Å²) in [6.45, 7) is 6.46. The Morgan fingerprint density at radius 2 is 2.09 bits per heavy atom. The molecule has 0 aliphatic carbocycles. The zero-order chi connectivity index (χ0) is 17.4. The summed E-state index contributed by atoms with van der Waals surface area (Å²) in [5.74, 6) is -1.12. The molecule has 1 aromatic rings. The highest BCUT2D eigenvalue weighted by atomic mass is 32.1. The van der Waals surface area contributed by atoms with Crippen LogP contribution in [0.3, 0.4) is 0 Å². The largest absolute Gasteiger partial charge is 0.480 e. The van der Waals surface area contributed by atoms with Crippen molar-refractivity contribution in [3.8, 4) is 0 Å². The topological polar surface area (TPSA) is 94.0 Å². The van der Waals surface area contributed by atoms with Gasteiger partial charge in [-0.05, 0) is 7.05 Å². The average molecular weight is 341 g/mol. The van der Waals surface area contributed by atoms with Gasteiger partial charge in [-0.15, -0.1) is 11.3 Å². The Morgan fingerprint density at radius 1 is 1.43 bits per heavy atom. The lowest BCUT2D eigenvalue weighted by atomic mass is 9.98. The van der Waals surface area contributed by atoms with Crippen molar-refractivity contribution in [2.45, 2.75) is 38.3 Å². The third kappa shape index (κ3) is 4.07. The number of carbonyl (C=O) groups is 2. The van der Waals surface area contributed by atoms with E-state index in [1.807, 2.05) is 20.8 Å². The first-order valence-electron chi connectivity index (χ1n) is 7.45. The number of thiazole rings is 1. The number of hydrogen-bond donors (Lipinski definition) is 2. The molecule has 23 heavy (non-hydrogen) atoms. The molecule has 2 atom stereocenters. The molecule has 8 heteroatoms. The molecule has 1 aliphatic rings. The highest BCUT2D eigenvalue weighted by Crippen LogP contribution is 2.28. The zero-order valence-electron chi connectivity index (χ0n) is 13.8. The minimum Gasteiger partial charge on any atom is -0.480 e. The van der Waals surface area contributed by atoms with Gasteiger partial charge in [-0.2, -0.15) is 0 Å². The minimum absolute atomic E-state index is 0.113. The Hall–Kier alpha value is -1.51. The van der Waals surface area contributed by atoms with Crippen molar-refractivity contribution in [2.75, 3.05) is 26.7 Å². The number of likely N-dealkylation sites (N-methyl/N-ethyl adjacent to an activating group) is 1. The maximum atomic E-state index is 12.6. The Kier molecular flexibility index (Phi) is 5.07. The van der Waals surface area contributed by atoms with Crippen molar-refractivity contribution in [1.29, 1.82) is 0 Å². The van der Waals surface area contributed by atoms with Crippen molar-refractivity contribution < 1.29 is 19.8 Å². The molecule has 2 N–H and O–H groups in total. The van der Waals surface area contributed by atoms with Gasteiger partial charge in [-0.1, -0.05) is 20.8 Å². The van der Waals surface area contributed by atoms with E-state index >= 15 is 0 Å². The van der Waals surface area contributed by atoms with E-state index in [0.717, 1.165) is 5.01 Å². The fourth-order valence-corrected chi connectivity index (χ4v) is 3.52. The molecule has 0 radical (unpaired) electrons. The van der Waals surface area contributed by atoms with Gasteiger partial charge in [0.1, 0.15) is 4.88 Å². The molecular formula is C15H23N3O4S. The smallest absolute Gasteiger partial charge is 0.317 e. The van der Waals surface area contributed by atoms with Gasteiger partial charge in [0, 0.05) is 18.5 Å². The fraction of sp³-hybridized carbons (Fsp3) is 0.667. The number of aliphatic hydroxyl groups is 1.